The zero-order valence-electron chi connectivity index (χ0n) is 56.2. The quantitative estimate of drug-likeness (QED) is 0.0316. The van der Waals surface area contributed by atoms with Crippen molar-refractivity contribution in [2.24, 2.45) is 17.3 Å². The van der Waals surface area contributed by atoms with Gasteiger partial charge in [0.25, 0.3) is 5.91 Å². The first-order valence-electron chi connectivity index (χ1n) is 33.3. The molecule has 1 aromatic heterocycles. The first-order chi connectivity index (χ1) is 47.3. The number of methoxy groups -OCH3 is 1. The number of aromatic nitrogens is 2. The van der Waals surface area contributed by atoms with Crippen molar-refractivity contribution in [1.29, 1.82) is 10.5 Å². The Morgan fingerprint density at radius 2 is 1.54 bits per heavy atom. The van der Waals surface area contributed by atoms with Gasteiger partial charge in [0.15, 0.2) is 0 Å². The van der Waals surface area contributed by atoms with Crippen molar-refractivity contribution >= 4 is 68.9 Å². The number of halogens is 4. The minimum atomic E-state index is -1.71. The number of amides is 3. The van der Waals surface area contributed by atoms with Gasteiger partial charge in [0.2, 0.25) is 11.8 Å². The monoisotopic (exact) mass is 1380 g/mol. The average molecular weight is 1380 g/mol. The molecule has 0 radical (unpaired) electrons. The smallest absolute Gasteiger partial charge is 0.318 e. The van der Waals surface area contributed by atoms with Crippen LogP contribution in [0.2, 0.25) is 10.0 Å². The van der Waals surface area contributed by atoms with Crippen LogP contribution in [0.25, 0.3) is 10.8 Å². The molecule has 4 aliphatic rings. The summed E-state index contributed by atoms with van der Waals surface area (Å²) in [6.07, 6.45) is 3.49. The van der Waals surface area contributed by atoms with E-state index in [1.165, 1.54) is 66.4 Å². The Bertz CT molecular complexity index is 3880. The maximum atomic E-state index is 16.2. The summed E-state index contributed by atoms with van der Waals surface area (Å²) in [6.45, 7) is 16.9. The van der Waals surface area contributed by atoms with Gasteiger partial charge in [-0.2, -0.15) is 20.5 Å². The second-order valence-electron chi connectivity index (χ2n) is 26.4. The molecule has 0 bridgehead atoms. The summed E-state index contributed by atoms with van der Waals surface area (Å²) < 4.78 is 73.6. The van der Waals surface area contributed by atoms with E-state index in [1.807, 2.05) is 20.8 Å². The number of piperazine rings is 1. The van der Waals surface area contributed by atoms with Gasteiger partial charge in [-0.1, -0.05) is 105 Å². The number of carbonyl (C=O) groups excluding carboxylic acids is 3. The minimum Gasteiger partial charge on any atom is -0.495 e. The lowest BCUT2D eigenvalue weighted by Gasteiger charge is -2.42. The molecule has 1 saturated carbocycles. The molecule has 5 aromatic carbocycles. The van der Waals surface area contributed by atoms with Gasteiger partial charge < -0.3 is 58.5 Å². The summed E-state index contributed by atoms with van der Waals surface area (Å²) in [5.74, 6) is -4.54. The van der Waals surface area contributed by atoms with Gasteiger partial charge in [-0.05, 0) is 104 Å². The molecule has 10 rings (SSSR count). The van der Waals surface area contributed by atoms with E-state index in [1.54, 1.807) is 11.0 Å². The number of likely N-dealkylation sites (N-methyl/N-ethyl adjacent to an activating group) is 1. The molecule has 520 valence electrons. The van der Waals surface area contributed by atoms with Crippen LogP contribution in [0.15, 0.2) is 110 Å². The Morgan fingerprint density at radius 3 is 2.26 bits per heavy atom. The molecular weight excluding hydrogens is 1300 g/mol. The van der Waals surface area contributed by atoms with Crippen LogP contribution in [-0.4, -0.2) is 175 Å². The van der Waals surface area contributed by atoms with Crippen LogP contribution >= 0.6 is 23.2 Å². The van der Waals surface area contributed by atoms with Crippen LogP contribution in [0, 0.1) is 51.5 Å². The fourth-order valence-electron chi connectivity index (χ4n) is 14.3. The number of benzene rings is 5. The number of nitrogens with zero attached hydrogens (tertiary/aromatic N) is 8. The highest BCUT2D eigenvalue weighted by Crippen LogP contribution is 2.61. The van der Waals surface area contributed by atoms with Gasteiger partial charge in [0, 0.05) is 89.9 Å². The van der Waals surface area contributed by atoms with E-state index >= 15 is 8.78 Å². The Balaban J connectivity index is 0.612. The fourth-order valence-corrected chi connectivity index (χ4v) is 14.6. The molecule has 2 N–H and O–H groups in total. The molecule has 3 amide bonds. The highest BCUT2D eigenvalue weighted by atomic mass is 35.5. The third-order valence-corrected chi connectivity index (χ3v) is 19.4. The number of nitriles is 2. The molecule has 7 atom stereocenters. The van der Waals surface area contributed by atoms with Crippen LogP contribution in [0.3, 0.4) is 0 Å². The van der Waals surface area contributed by atoms with Crippen molar-refractivity contribution in [2.75, 3.05) is 135 Å². The van der Waals surface area contributed by atoms with Crippen LogP contribution < -0.4 is 29.9 Å². The Labute approximate surface area is 582 Å². The zero-order chi connectivity index (χ0) is 69.5. The molecule has 3 fully saturated rings. The Morgan fingerprint density at radius 1 is 0.816 bits per heavy atom. The van der Waals surface area contributed by atoms with Gasteiger partial charge in [-0.3, -0.25) is 19.3 Å². The molecule has 2 saturated heterocycles. The van der Waals surface area contributed by atoms with Crippen LogP contribution in [0.1, 0.15) is 85.1 Å². The second kappa shape index (κ2) is 33.7. The summed E-state index contributed by atoms with van der Waals surface area (Å²) in [7, 11) is 3.46. The number of hydrogen-bond acceptors (Lipinski definition) is 17. The number of fused-ring (bicyclic) bond motifs is 2. The molecule has 6 aromatic rings. The van der Waals surface area contributed by atoms with Crippen molar-refractivity contribution < 1.29 is 56.3 Å². The summed E-state index contributed by atoms with van der Waals surface area (Å²) in [5.41, 5.74) is 1.53. The van der Waals surface area contributed by atoms with Crippen LogP contribution in [0.4, 0.5) is 26.0 Å². The Hall–Kier alpha value is -8.03. The van der Waals surface area contributed by atoms with E-state index < -0.39 is 46.6 Å². The third kappa shape index (κ3) is 17.3. The lowest BCUT2D eigenvalue weighted by molar-refractivity contribution is -0.128. The second-order valence-corrected chi connectivity index (χ2v) is 27.2. The fraction of sp³-hybridized carbons (Fsp3) is 0.473. The summed E-state index contributed by atoms with van der Waals surface area (Å²) in [4.78, 5) is 59.4. The number of carbonyl (C=O) groups is 3. The number of nitrogens with one attached hydrogen (secondary N) is 2. The number of ether oxygens (including phenoxy) is 7. The maximum absolute atomic E-state index is 16.2. The molecular formula is C74H86Cl2F2N10O10. The van der Waals surface area contributed by atoms with Crippen LogP contribution in [-0.2, 0) is 51.7 Å². The number of likely N-dealkylation sites (tertiary alicyclic amines) is 1. The summed E-state index contributed by atoms with van der Waals surface area (Å²) in [6, 6.07) is 32.5. The highest BCUT2D eigenvalue weighted by molar-refractivity contribution is 6.31. The van der Waals surface area contributed by atoms with Gasteiger partial charge in [-0.25, -0.2) is 8.78 Å². The molecule has 3 aliphatic heterocycles. The average Bonchev–Trinajstić information content (AvgIpc) is 1.55. The van der Waals surface area contributed by atoms with Crippen molar-refractivity contribution in [3.05, 3.63) is 159 Å². The van der Waals surface area contributed by atoms with Crippen molar-refractivity contribution in [1.82, 2.24) is 25.1 Å². The van der Waals surface area contributed by atoms with Gasteiger partial charge in [0.05, 0.1) is 126 Å². The standard InChI is InChI=1S/C74H86Cl2F2N10O10/c1-7-66(89)88-28-27-87(43-52(88)22-24-79)69-56-23-26-86(64-17-10-13-48-12-8-9-14-55(48)64)45-63(56)83-72(84-69)98-46-53-41-54(44-85(53)5)97-37-36-96-35-34-95-33-32-94-31-30-93-29-25-81-70(90)49-18-21-62(65(38-49)92-6)82-71(91)58-39-50(42-73(2,3)4)74(47-80,59-20-19-51(75)40-61(59)77)67(58)57-15-11-16-60(76)68(57)78/h7-21,38,40,50,52-54,58,67H,1,22-23,25-37,39,41-46H2,2-6H3,(H,81,90)(H,82,91)/t50-,52-,53-,54+,58+,67-,74+/m0/s1. The first-order valence-corrected chi connectivity index (χ1v) is 34.1. The van der Waals surface area contributed by atoms with E-state index in [2.05, 4.69) is 93.6 Å². The molecule has 1 aliphatic carbocycles. The normalized spacial score (nSPS) is 20.9. The molecule has 4 heterocycles. The predicted octanol–water partition coefficient (Wildman–Crippen LogP) is 11.1. The van der Waals surface area contributed by atoms with Gasteiger partial charge >= 0.3 is 6.01 Å². The Kier molecular flexibility index (Phi) is 25.0. The minimum absolute atomic E-state index is 0.00895. The van der Waals surface area contributed by atoms with Crippen molar-refractivity contribution in [3.8, 4) is 23.9 Å². The summed E-state index contributed by atoms with van der Waals surface area (Å²) in [5, 5.41) is 29.0. The van der Waals surface area contributed by atoms with Gasteiger partial charge in [-0.15, -0.1) is 0 Å². The first kappa shape index (κ1) is 72.7. The van der Waals surface area contributed by atoms with Crippen molar-refractivity contribution in [3.63, 3.8) is 0 Å². The lowest BCUT2D eigenvalue weighted by Crippen LogP contribution is -2.55. The predicted molar refractivity (Wildman–Crippen MR) is 371 cm³/mol. The van der Waals surface area contributed by atoms with Gasteiger partial charge in [0.1, 0.15) is 29.8 Å². The molecule has 24 heteroatoms. The van der Waals surface area contributed by atoms with E-state index in [0.717, 1.165) is 54.8 Å². The highest BCUT2D eigenvalue weighted by Gasteiger charge is 2.61. The van der Waals surface area contributed by atoms with Crippen molar-refractivity contribution in [2.45, 2.75) is 88.9 Å². The number of hydrogen-bond donors (Lipinski definition) is 2. The molecule has 20 nitrogen and oxygen atoms in total. The van der Waals surface area contributed by atoms with E-state index in [4.69, 9.17) is 66.3 Å². The number of anilines is 3. The van der Waals surface area contributed by atoms with E-state index in [0.29, 0.717) is 98.1 Å². The van der Waals surface area contributed by atoms with E-state index in [9.17, 15) is 24.9 Å². The van der Waals surface area contributed by atoms with E-state index in [-0.39, 0.29) is 93.7 Å². The maximum Gasteiger partial charge on any atom is 0.318 e. The molecule has 0 unspecified atom stereocenters. The lowest BCUT2D eigenvalue weighted by atomic mass is 9.62. The zero-order valence-corrected chi connectivity index (χ0v) is 57.7. The third-order valence-electron chi connectivity index (χ3n) is 18.9. The molecule has 98 heavy (non-hydrogen) atoms. The van der Waals surface area contributed by atoms with Crippen LogP contribution in [0.5, 0.6) is 11.8 Å². The molecule has 0 spiro atoms. The largest absolute Gasteiger partial charge is 0.495 e. The number of rotatable bonds is 30. The summed E-state index contributed by atoms with van der Waals surface area (Å²) >= 11 is 12.5. The SMILES string of the molecule is C=CC(=O)N1CCN(c2nc(OC[C@@H]3C[C@@H](OCCOCCOCCOCCOCCNC(=O)c4ccc(NC(=O)[C@@H]5C[C@@H](CC(C)(C)C)[C@](C#N)(c6ccc(Cl)cc6F)[C@H]5c5cccc(Cl)c5F)c(OC)c4)CN3C)nc3c2CCN(c2cccc4ccccc24)C3)C[C@@H]1CC#N. The topological polar surface area (TPSA) is 226 Å².